The number of nitrogens with one attached hydrogen (secondary N) is 1. The van der Waals surface area contributed by atoms with Crippen molar-refractivity contribution in [1.82, 2.24) is 4.90 Å². The second-order valence-corrected chi connectivity index (χ2v) is 4.76. The predicted molar refractivity (Wildman–Crippen MR) is 76.5 cm³/mol. The summed E-state index contributed by atoms with van der Waals surface area (Å²) in [6, 6.07) is 3.94. The molecule has 0 aliphatic rings. The van der Waals surface area contributed by atoms with Gasteiger partial charge in [-0.25, -0.2) is 0 Å². The summed E-state index contributed by atoms with van der Waals surface area (Å²) in [5.41, 5.74) is -0.0450. The maximum absolute atomic E-state index is 11.7. The highest BCUT2D eigenvalue weighted by atomic mass is 35.5. The first-order chi connectivity index (χ1) is 9.79. The molecule has 0 unspecified atom stereocenters. The van der Waals surface area contributed by atoms with Crippen LogP contribution in [0.1, 0.15) is 6.42 Å². The first-order valence-electron chi connectivity index (χ1n) is 5.93. The molecule has 1 aromatic rings. The molecular weight excluding hydrogens is 302 g/mol. The van der Waals surface area contributed by atoms with Crippen molar-refractivity contribution in [1.29, 1.82) is 0 Å². The van der Waals surface area contributed by atoms with Crippen LogP contribution < -0.4 is 5.32 Å². The summed E-state index contributed by atoms with van der Waals surface area (Å²) in [6.45, 7) is 0.202. The zero-order valence-corrected chi connectivity index (χ0v) is 12.0. The van der Waals surface area contributed by atoms with Gasteiger partial charge in [0.2, 0.25) is 5.91 Å². The van der Waals surface area contributed by atoms with Crippen molar-refractivity contribution < 1.29 is 19.6 Å². The van der Waals surface area contributed by atoms with Gasteiger partial charge in [0.15, 0.2) is 0 Å². The number of hydrogen-bond acceptors (Lipinski definition) is 5. The van der Waals surface area contributed by atoms with Crippen LogP contribution in [0.4, 0.5) is 11.4 Å². The Morgan fingerprint density at radius 2 is 2.14 bits per heavy atom. The van der Waals surface area contributed by atoms with E-state index < -0.39 is 16.8 Å². The Morgan fingerprint density at radius 1 is 1.48 bits per heavy atom. The molecule has 1 rings (SSSR count). The van der Waals surface area contributed by atoms with E-state index in [4.69, 9.17) is 16.7 Å². The number of carboxylic acids is 1. The molecule has 21 heavy (non-hydrogen) atoms. The molecular formula is C12H14ClN3O5. The summed E-state index contributed by atoms with van der Waals surface area (Å²) >= 11 is 5.66. The van der Waals surface area contributed by atoms with Crippen molar-refractivity contribution in [2.75, 3.05) is 25.5 Å². The van der Waals surface area contributed by atoms with E-state index in [-0.39, 0.29) is 35.9 Å². The van der Waals surface area contributed by atoms with E-state index in [9.17, 15) is 19.7 Å². The van der Waals surface area contributed by atoms with Gasteiger partial charge >= 0.3 is 5.97 Å². The molecule has 1 aromatic carbocycles. The quantitative estimate of drug-likeness (QED) is 0.583. The number of halogens is 1. The van der Waals surface area contributed by atoms with Gasteiger partial charge in [-0.2, -0.15) is 0 Å². The summed E-state index contributed by atoms with van der Waals surface area (Å²) in [4.78, 5) is 33.8. The molecule has 0 fully saturated rings. The predicted octanol–water partition coefficient (Wildman–Crippen LogP) is 1.59. The molecule has 0 heterocycles. The van der Waals surface area contributed by atoms with Crippen LogP contribution in [0.5, 0.6) is 0 Å². The molecule has 114 valence electrons. The number of benzene rings is 1. The molecule has 0 radical (unpaired) electrons. The lowest BCUT2D eigenvalue weighted by Gasteiger charge is -2.15. The monoisotopic (exact) mass is 315 g/mol. The van der Waals surface area contributed by atoms with Crippen molar-refractivity contribution >= 4 is 34.9 Å². The summed E-state index contributed by atoms with van der Waals surface area (Å²) in [7, 11) is 1.60. The van der Waals surface area contributed by atoms with E-state index in [0.717, 1.165) is 6.07 Å². The molecule has 2 N–H and O–H groups in total. The zero-order valence-electron chi connectivity index (χ0n) is 11.2. The fourth-order valence-corrected chi connectivity index (χ4v) is 1.73. The van der Waals surface area contributed by atoms with Gasteiger partial charge in [0.25, 0.3) is 5.69 Å². The fourth-order valence-electron chi connectivity index (χ4n) is 1.54. The summed E-state index contributed by atoms with van der Waals surface area (Å²) < 4.78 is 0. The number of nitrogens with zero attached hydrogens (tertiary/aromatic N) is 2. The Hall–Kier alpha value is -2.19. The van der Waals surface area contributed by atoms with Crippen molar-refractivity contribution in [2.24, 2.45) is 0 Å². The Kier molecular flexibility index (Phi) is 6.07. The lowest BCUT2D eigenvalue weighted by atomic mass is 10.2. The number of nitro benzene ring substituents is 1. The largest absolute Gasteiger partial charge is 0.481 e. The van der Waals surface area contributed by atoms with Crippen LogP contribution in [0, 0.1) is 10.1 Å². The van der Waals surface area contributed by atoms with Gasteiger partial charge in [-0.15, -0.1) is 0 Å². The Balaban J connectivity index is 2.61. The standard InChI is InChI=1S/C12H14ClN3O5/c1-15(5-4-12(18)19)7-11(17)14-8-2-3-9(13)10(6-8)16(20)21/h2-3,6H,4-5,7H2,1H3,(H,14,17)(H,18,19). The van der Waals surface area contributed by atoms with E-state index in [2.05, 4.69) is 5.32 Å². The number of aliphatic carboxylic acids is 1. The number of nitro groups is 1. The highest BCUT2D eigenvalue weighted by Gasteiger charge is 2.14. The van der Waals surface area contributed by atoms with Crippen molar-refractivity contribution in [2.45, 2.75) is 6.42 Å². The first kappa shape index (κ1) is 16.9. The molecule has 0 saturated carbocycles. The molecule has 0 aliphatic heterocycles. The molecule has 8 nitrogen and oxygen atoms in total. The number of carbonyl (C=O) groups is 2. The number of carboxylic acid groups (broad SMARTS) is 1. The highest BCUT2D eigenvalue weighted by molar-refractivity contribution is 6.32. The molecule has 0 spiro atoms. The van der Waals surface area contributed by atoms with Gasteiger partial charge < -0.3 is 10.4 Å². The number of likely N-dealkylation sites (N-methyl/N-ethyl adjacent to an activating group) is 1. The van der Waals surface area contributed by atoms with Crippen LogP contribution in [0.3, 0.4) is 0 Å². The Morgan fingerprint density at radius 3 is 2.71 bits per heavy atom. The number of hydrogen-bond donors (Lipinski definition) is 2. The van der Waals surface area contributed by atoms with Gasteiger partial charge in [0, 0.05) is 18.3 Å². The molecule has 0 bridgehead atoms. The van der Waals surface area contributed by atoms with Crippen LogP contribution in [0.2, 0.25) is 5.02 Å². The maximum Gasteiger partial charge on any atom is 0.304 e. The summed E-state index contributed by atoms with van der Waals surface area (Å²) in [5, 5.41) is 21.7. The third-order valence-electron chi connectivity index (χ3n) is 2.55. The maximum atomic E-state index is 11.7. The SMILES string of the molecule is CN(CCC(=O)O)CC(=O)Nc1ccc(Cl)c([N+](=O)[O-])c1. The fraction of sp³-hybridized carbons (Fsp3) is 0.333. The average molecular weight is 316 g/mol. The second-order valence-electron chi connectivity index (χ2n) is 4.35. The number of carbonyl (C=O) groups excluding carboxylic acids is 1. The number of amides is 1. The minimum Gasteiger partial charge on any atom is -0.481 e. The normalized spacial score (nSPS) is 10.4. The minimum absolute atomic E-state index is 0.0171. The van der Waals surface area contributed by atoms with E-state index in [1.807, 2.05) is 0 Å². The van der Waals surface area contributed by atoms with E-state index >= 15 is 0 Å². The first-order valence-corrected chi connectivity index (χ1v) is 6.31. The van der Waals surface area contributed by atoms with Crippen molar-refractivity contribution in [3.8, 4) is 0 Å². The summed E-state index contributed by atoms with van der Waals surface area (Å²) in [6.07, 6.45) is -0.0732. The molecule has 9 heteroatoms. The zero-order chi connectivity index (χ0) is 16.0. The lowest BCUT2D eigenvalue weighted by molar-refractivity contribution is -0.384. The third-order valence-corrected chi connectivity index (χ3v) is 2.87. The molecule has 0 saturated heterocycles. The third kappa shape index (κ3) is 5.76. The van der Waals surface area contributed by atoms with E-state index in [1.54, 1.807) is 7.05 Å². The van der Waals surface area contributed by atoms with Gasteiger partial charge in [-0.1, -0.05) is 11.6 Å². The summed E-state index contributed by atoms with van der Waals surface area (Å²) in [5.74, 6) is -1.35. The van der Waals surface area contributed by atoms with Crippen molar-refractivity contribution in [3.05, 3.63) is 33.3 Å². The van der Waals surface area contributed by atoms with Crippen LogP contribution >= 0.6 is 11.6 Å². The van der Waals surface area contributed by atoms with Crippen LogP contribution in [0.25, 0.3) is 0 Å². The van der Waals surface area contributed by atoms with Gasteiger partial charge in [0.1, 0.15) is 5.02 Å². The number of rotatable bonds is 7. The van der Waals surface area contributed by atoms with Crippen LogP contribution in [0.15, 0.2) is 18.2 Å². The van der Waals surface area contributed by atoms with Gasteiger partial charge in [-0.3, -0.25) is 24.6 Å². The highest BCUT2D eigenvalue weighted by Crippen LogP contribution is 2.27. The average Bonchev–Trinajstić information content (AvgIpc) is 2.38. The topological polar surface area (TPSA) is 113 Å². The number of anilines is 1. The van der Waals surface area contributed by atoms with Crippen LogP contribution in [-0.4, -0.2) is 46.9 Å². The van der Waals surface area contributed by atoms with E-state index in [0.29, 0.717) is 0 Å². The van der Waals surface area contributed by atoms with E-state index in [1.165, 1.54) is 17.0 Å². The minimum atomic E-state index is -0.949. The van der Waals surface area contributed by atoms with Gasteiger partial charge in [0.05, 0.1) is 17.9 Å². The smallest absolute Gasteiger partial charge is 0.304 e. The van der Waals surface area contributed by atoms with Crippen LogP contribution in [-0.2, 0) is 9.59 Å². The van der Waals surface area contributed by atoms with Crippen molar-refractivity contribution in [3.63, 3.8) is 0 Å². The second kappa shape index (κ2) is 7.55. The Labute approximate surface area is 125 Å². The Bertz CT molecular complexity index is 564. The molecule has 0 aliphatic carbocycles. The molecule has 0 aromatic heterocycles. The lowest BCUT2D eigenvalue weighted by Crippen LogP contribution is -2.31. The van der Waals surface area contributed by atoms with Gasteiger partial charge in [-0.05, 0) is 19.2 Å². The molecule has 1 amide bonds. The molecule has 0 atom stereocenters.